The first-order chi connectivity index (χ1) is 10.1. The van der Waals surface area contributed by atoms with Crippen molar-refractivity contribution in [3.8, 4) is 10.6 Å². The molecule has 0 saturated heterocycles. The first-order valence-corrected chi connectivity index (χ1v) is 8.37. The maximum Gasteiger partial charge on any atom is 0.225 e. The second kappa shape index (κ2) is 7.33. The van der Waals surface area contributed by atoms with Crippen molar-refractivity contribution in [2.75, 3.05) is 11.9 Å². The van der Waals surface area contributed by atoms with Crippen molar-refractivity contribution in [2.24, 2.45) is 0 Å². The van der Waals surface area contributed by atoms with Crippen molar-refractivity contribution < 1.29 is 9.59 Å². The zero-order valence-electron chi connectivity index (χ0n) is 11.9. The Hall–Kier alpha value is -1.73. The molecule has 0 fully saturated rings. The minimum atomic E-state index is -0.0296. The van der Waals surface area contributed by atoms with Crippen molar-refractivity contribution in [2.45, 2.75) is 26.7 Å². The number of carbonyl (C=O) groups excluding carboxylic acids is 2. The summed E-state index contributed by atoms with van der Waals surface area (Å²) in [6.45, 7) is 3.97. The van der Waals surface area contributed by atoms with E-state index in [0.717, 1.165) is 17.0 Å². The van der Waals surface area contributed by atoms with E-state index in [4.69, 9.17) is 0 Å². The van der Waals surface area contributed by atoms with E-state index in [2.05, 4.69) is 15.6 Å². The molecule has 0 saturated carbocycles. The van der Waals surface area contributed by atoms with Gasteiger partial charge in [0.1, 0.15) is 0 Å². The number of amides is 2. The highest BCUT2D eigenvalue weighted by molar-refractivity contribution is 7.17. The first kappa shape index (κ1) is 15.7. The van der Waals surface area contributed by atoms with Gasteiger partial charge in [-0.2, -0.15) is 0 Å². The van der Waals surface area contributed by atoms with Gasteiger partial charge in [0.15, 0.2) is 5.13 Å². The van der Waals surface area contributed by atoms with Gasteiger partial charge in [0.25, 0.3) is 0 Å². The molecule has 2 rings (SSSR count). The van der Waals surface area contributed by atoms with Crippen LogP contribution in [-0.2, 0) is 16.0 Å². The average molecular weight is 323 g/mol. The molecule has 7 heteroatoms. The van der Waals surface area contributed by atoms with E-state index in [0.29, 0.717) is 18.1 Å². The van der Waals surface area contributed by atoms with Crippen LogP contribution < -0.4 is 10.6 Å². The highest BCUT2D eigenvalue weighted by Gasteiger charge is 2.09. The van der Waals surface area contributed by atoms with Crippen molar-refractivity contribution >= 4 is 39.6 Å². The Morgan fingerprint density at radius 1 is 1.33 bits per heavy atom. The van der Waals surface area contributed by atoms with Gasteiger partial charge in [-0.25, -0.2) is 4.98 Å². The summed E-state index contributed by atoms with van der Waals surface area (Å²) in [6, 6.07) is 4.07. The highest BCUT2D eigenvalue weighted by atomic mass is 32.1. The average Bonchev–Trinajstić information content (AvgIpc) is 3.07. The zero-order valence-corrected chi connectivity index (χ0v) is 13.6. The minimum absolute atomic E-state index is 0.0115. The number of rotatable bonds is 6. The van der Waals surface area contributed by atoms with Gasteiger partial charge in [0.05, 0.1) is 10.6 Å². The number of hydrogen-bond donors (Lipinski definition) is 2. The summed E-state index contributed by atoms with van der Waals surface area (Å²) in [4.78, 5) is 28.8. The van der Waals surface area contributed by atoms with Gasteiger partial charge in [0.2, 0.25) is 11.8 Å². The molecule has 21 heavy (non-hydrogen) atoms. The molecular formula is C14H17N3O2S2. The summed E-state index contributed by atoms with van der Waals surface area (Å²) in [7, 11) is 0. The lowest BCUT2D eigenvalue weighted by Crippen LogP contribution is -2.21. The van der Waals surface area contributed by atoms with Crippen molar-refractivity contribution in [1.29, 1.82) is 0 Å². The van der Waals surface area contributed by atoms with Gasteiger partial charge in [-0.3, -0.25) is 9.59 Å². The molecule has 0 spiro atoms. The first-order valence-electron chi connectivity index (χ1n) is 6.67. The molecule has 2 aromatic rings. The second-order valence-corrected chi connectivity index (χ2v) is 6.46. The van der Waals surface area contributed by atoms with E-state index in [1.807, 2.05) is 24.4 Å². The Morgan fingerprint density at radius 2 is 2.14 bits per heavy atom. The molecule has 2 amide bonds. The van der Waals surface area contributed by atoms with Crippen LogP contribution in [0.25, 0.3) is 10.6 Å². The second-order valence-electron chi connectivity index (χ2n) is 4.44. The molecule has 0 radical (unpaired) electrons. The Kier molecular flexibility index (Phi) is 5.46. The quantitative estimate of drug-likeness (QED) is 0.858. The fourth-order valence-corrected chi connectivity index (χ4v) is 3.43. The van der Waals surface area contributed by atoms with Gasteiger partial charge in [0, 0.05) is 30.1 Å². The van der Waals surface area contributed by atoms with E-state index < -0.39 is 0 Å². The molecule has 2 N–H and O–H groups in total. The third-order valence-electron chi connectivity index (χ3n) is 2.73. The number of nitrogens with one attached hydrogen (secondary N) is 2. The Morgan fingerprint density at radius 3 is 2.86 bits per heavy atom. The van der Waals surface area contributed by atoms with E-state index in [1.54, 1.807) is 11.3 Å². The summed E-state index contributed by atoms with van der Waals surface area (Å²) in [5.74, 6) is -0.0411. The summed E-state index contributed by atoms with van der Waals surface area (Å²) >= 11 is 3.08. The molecule has 0 aliphatic rings. The molecule has 5 nitrogen and oxygen atoms in total. The lowest BCUT2D eigenvalue weighted by molar-refractivity contribution is -0.119. The lowest BCUT2D eigenvalue weighted by Gasteiger charge is -1.98. The Labute approximate surface area is 131 Å². The highest BCUT2D eigenvalue weighted by Crippen LogP contribution is 2.30. The number of aromatic nitrogens is 1. The molecule has 0 aliphatic carbocycles. The van der Waals surface area contributed by atoms with Crippen LogP contribution in [0.2, 0.25) is 0 Å². The largest absolute Gasteiger partial charge is 0.356 e. The van der Waals surface area contributed by atoms with Crippen LogP contribution in [0.15, 0.2) is 17.5 Å². The molecule has 0 unspecified atom stereocenters. The van der Waals surface area contributed by atoms with E-state index in [-0.39, 0.29) is 11.8 Å². The van der Waals surface area contributed by atoms with Crippen molar-refractivity contribution in [3.63, 3.8) is 0 Å². The van der Waals surface area contributed by atoms with Crippen molar-refractivity contribution in [3.05, 3.63) is 22.4 Å². The fraction of sp³-hybridized carbons (Fsp3) is 0.357. The van der Waals surface area contributed by atoms with Gasteiger partial charge in [-0.05, 0) is 18.6 Å². The number of hydrogen-bond acceptors (Lipinski definition) is 5. The third-order valence-corrected chi connectivity index (χ3v) is 4.66. The zero-order chi connectivity index (χ0) is 15.2. The number of carbonyl (C=O) groups is 2. The number of thiazole rings is 1. The molecule has 0 atom stereocenters. The van der Waals surface area contributed by atoms with Crippen molar-refractivity contribution in [1.82, 2.24) is 10.3 Å². The summed E-state index contributed by atoms with van der Waals surface area (Å²) in [5, 5.41) is 8.11. The topological polar surface area (TPSA) is 71.1 Å². The monoisotopic (exact) mass is 323 g/mol. The van der Waals surface area contributed by atoms with Crippen LogP contribution in [0, 0.1) is 0 Å². The lowest BCUT2D eigenvalue weighted by atomic mass is 10.3. The van der Waals surface area contributed by atoms with Gasteiger partial charge < -0.3 is 10.6 Å². The maximum absolute atomic E-state index is 11.3. The predicted octanol–water partition coefficient (Wildman–Crippen LogP) is 2.90. The number of anilines is 1. The van der Waals surface area contributed by atoms with Crippen LogP contribution in [0.1, 0.15) is 25.1 Å². The number of thiophene rings is 1. The molecule has 2 aromatic heterocycles. The fourth-order valence-electron chi connectivity index (χ4n) is 1.66. The van der Waals surface area contributed by atoms with Gasteiger partial charge in [-0.15, -0.1) is 22.7 Å². The third kappa shape index (κ3) is 4.64. The van der Waals surface area contributed by atoms with E-state index >= 15 is 0 Å². The van der Waals surface area contributed by atoms with E-state index in [9.17, 15) is 9.59 Å². The molecule has 0 bridgehead atoms. The molecule has 0 aliphatic heterocycles. The Bertz CT molecular complexity index is 634. The van der Waals surface area contributed by atoms with Crippen LogP contribution >= 0.6 is 22.7 Å². The molecule has 112 valence electrons. The maximum atomic E-state index is 11.3. The van der Waals surface area contributed by atoms with Crippen LogP contribution in [0.4, 0.5) is 5.13 Å². The predicted molar refractivity (Wildman–Crippen MR) is 86.7 cm³/mol. The van der Waals surface area contributed by atoms with Crippen LogP contribution in [0.3, 0.4) is 0 Å². The molecular weight excluding hydrogens is 306 g/mol. The smallest absolute Gasteiger partial charge is 0.225 e. The SMILES string of the molecule is CCC(=O)Nc1nc(-c2ccc(CCNC(C)=O)s2)cs1. The summed E-state index contributed by atoms with van der Waals surface area (Å²) in [5.41, 5.74) is 0.877. The minimum Gasteiger partial charge on any atom is -0.356 e. The van der Waals surface area contributed by atoms with Gasteiger partial charge >= 0.3 is 0 Å². The molecule has 2 heterocycles. The summed E-state index contributed by atoms with van der Waals surface area (Å²) < 4.78 is 0. The standard InChI is InChI=1S/C14H17N3O2S2/c1-3-13(19)17-14-16-11(8-20-14)12-5-4-10(21-12)6-7-15-9(2)18/h4-5,8H,3,6-7H2,1-2H3,(H,15,18)(H,16,17,19). The summed E-state index contributed by atoms with van der Waals surface area (Å²) in [6.07, 6.45) is 1.26. The van der Waals surface area contributed by atoms with Gasteiger partial charge in [-0.1, -0.05) is 6.92 Å². The number of nitrogens with zero attached hydrogens (tertiary/aromatic N) is 1. The molecule has 0 aromatic carbocycles. The normalized spacial score (nSPS) is 10.4. The van der Waals surface area contributed by atoms with E-state index in [1.165, 1.54) is 23.1 Å². The Balaban J connectivity index is 1.97. The van der Waals surface area contributed by atoms with Crippen LogP contribution in [-0.4, -0.2) is 23.3 Å². The van der Waals surface area contributed by atoms with Crippen LogP contribution in [0.5, 0.6) is 0 Å².